The fraction of sp³-hybridized carbons (Fsp3) is 0.182. The van der Waals surface area contributed by atoms with E-state index in [0.29, 0.717) is 26.9 Å². The number of carbonyl (C=O) groups is 1. The van der Waals surface area contributed by atoms with E-state index in [1.165, 1.54) is 28.7 Å². The topological polar surface area (TPSA) is 81.9 Å². The van der Waals surface area contributed by atoms with Crippen LogP contribution >= 0.6 is 34.7 Å². The van der Waals surface area contributed by atoms with Gasteiger partial charge in [0.1, 0.15) is 12.4 Å². The summed E-state index contributed by atoms with van der Waals surface area (Å²) in [5, 5.41) is 14.9. The Labute approximate surface area is 198 Å². The lowest BCUT2D eigenvalue weighted by Crippen LogP contribution is -2.14. The van der Waals surface area contributed by atoms with Crippen LogP contribution in [0.3, 0.4) is 0 Å². The van der Waals surface area contributed by atoms with Crippen LogP contribution in [0.1, 0.15) is 11.4 Å². The highest BCUT2D eigenvalue weighted by molar-refractivity contribution is 7.99. The van der Waals surface area contributed by atoms with Gasteiger partial charge in [0, 0.05) is 23.0 Å². The summed E-state index contributed by atoms with van der Waals surface area (Å²) in [6.07, 6.45) is 0. The summed E-state index contributed by atoms with van der Waals surface area (Å²) in [5.41, 5.74) is 3.06. The number of ether oxygens (including phenoxy) is 1. The third kappa shape index (κ3) is 5.67. The van der Waals surface area contributed by atoms with Gasteiger partial charge in [-0.25, -0.2) is 4.98 Å². The molecule has 2 aromatic carbocycles. The van der Waals surface area contributed by atoms with Gasteiger partial charge in [0.2, 0.25) is 5.91 Å². The van der Waals surface area contributed by atoms with Crippen molar-refractivity contribution >= 4 is 45.7 Å². The molecule has 10 heteroatoms. The number of rotatable bonds is 8. The lowest BCUT2D eigenvalue weighted by Gasteiger charge is -2.06. The van der Waals surface area contributed by atoms with E-state index in [0.717, 1.165) is 11.3 Å². The smallest absolute Gasteiger partial charge is 0.236 e. The molecule has 0 bridgehead atoms. The number of amides is 1. The molecule has 7 nitrogen and oxygen atoms in total. The Morgan fingerprint density at radius 1 is 1.16 bits per heavy atom. The summed E-state index contributed by atoms with van der Waals surface area (Å²) in [7, 11) is 1.84. The molecule has 1 N–H and O–H groups in total. The Morgan fingerprint density at radius 2 is 1.91 bits per heavy atom. The average Bonchev–Trinajstić information content (AvgIpc) is 3.39. The molecule has 0 aliphatic rings. The van der Waals surface area contributed by atoms with Crippen LogP contribution in [0.5, 0.6) is 5.75 Å². The summed E-state index contributed by atoms with van der Waals surface area (Å²) >= 11 is 8.59. The fourth-order valence-electron chi connectivity index (χ4n) is 2.75. The number of benzene rings is 2. The van der Waals surface area contributed by atoms with Crippen LogP contribution in [0.4, 0.5) is 5.13 Å². The largest absolute Gasteiger partial charge is 0.486 e. The second-order valence-corrected chi connectivity index (χ2v) is 9.18. The second kappa shape index (κ2) is 10.2. The van der Waals surface area contributed by atoms with E-state index in [-0.39, 0.29) is 18.3 Å². The Bertz CT molecular complexity index is 1210. The number of carbonyl (C=O) groups excluding carboxylic acids is 1. The predicted octanol–water partition coefficient (Wildman–Crippen LogP) is 5.21. The van der Waals surface area contributed by atoms with E-state index in [4.69, 9.17) is 16.3 Å². The van der Waals surface area contributed by atoms with Gasteiger partial charge in [0.05, 0.1) is 11.4 Å². The van der Waals surface area contributed by atoms with E-state index in [1.54, 1.807) is 24.3 Å². The third-order valence-corrected chi connectivity index (χ3v) is 6.57. The van der Waals surface area contributed by atoms with Crippen LogP contribution < -0.4 is 10.1 Å². The van der Waals surface area contributed by atoms with Gasteiger partial charge in [-0.3, -0.25) is 4.79 Å². The number of aromatic nitrogens is 4. The monoisotopic (exact) mass is 485 g/mol. The van der Waals surface area contributed by atoms with Gasteiger partial charge in [0.25, 0.3) is 0 Å². The van der Waals surface area contributed by atoms with Crippen LogP contribution in [0, 0.1) is 6.92 Å². The van der Waals surface area contributed by atoms with Crippen molar-refractivity contribution in [1.29, 1.82) is 0 Å². The standard InChI is InChI=1S/C22H20ClN5O2S2/c1-14-3-5-15(6-4-14)18-12-31-21(24-18)25-20(29)13-32-22-27-26-19(28(22)2)11-30-17-9-7-16(23)8-10-17/h3-10,12H,11,13H2,1-2H3,(H,24,25,29). The molecule has 0 saturated heterocycles. The molecule has 0 atom stereocenters. The zero-order valence-electron chi connectivity index (χ0n) is 17.4. The molecule has 0 saturated carbocycles. The Hall–Kier alpha value is -2.88. The lowest BCUT2D eigenvalue weighted by molar-refractivity contribution is -0.113. The van der Waals surface area contributed by atoms with Crippen LogP contribution in [0.15, 0.2) is 59.1 Å². The minimum absolute atomic E-state index is 0.151. The molecule has 32 heavy (non-hydrogen) atoms. The van der Waals surface area contributed by atoms with Crippen molar-refractivity contribution in [3.8, 4) is 17.0 Å². The van der Waals surface area contributed by atoms with Crippen molar-refractivity contribution < 1.29 is 9.53 Å². The molecule has 0 radical (unpaired) electrons. The molecule has 2 aromatic heterocycles. The summed E-state index contributed by atoms with van der Waals surface area (Å²) in [5.74, 6) is 1.40. The van der Waals surface area contributed by atoms with E-state index >= 15 is 0 Å². The van der Waals surface area contributed by atoms with Crippen molar-refractivity contribution in [1.82, 2.24) is 19.7 Å². The fourth-order valence-corrected chi connectivity index (χ4v) is 4.34. The molecule has 0 aliphatic carbocycles. The van der Waals surface area contributed by atoms with E-state index in [2.05, 4.69) is 20.5 Å². The first-order valence-corrected chi connectivity index (χ1v) is 11.9. The highest BCUT2D eigenvalue weighted by atomic mass is 35.5. The van der Waals surface area contributed by atoms with Crippen molar-refractivity contribution in [3.05, 3.63) is 70.3 Å². The Kier molecular flexibility index (Phi) is 7.09. The van der Waals surface area contributed by atoms with Gasteiger partial charge in [-0.15, -0.1) is 21.5 Å². The molecular formula is C22H20ClN5O2S2. The molecule has 0 spiro atoms. The summed E-state index contributed by atoms with van der Waals surface area (Å²) in [6, 6.07) is 15.2. The predicted molar refractivity (Wildman–Crippen MR) is 128 cm³/mol. The highest BCUT2D eigenvalue weighted by Gasteiger charge is 2.13. The van der Waals surface area contributed by atoms with Crippen LogP contribution in [0.25, 0.3) is 11.3 Å². The van der Waals surface area contributed by atoms with Gasteiger partial charge in [-0.05, 0) is 31.2 Å². The van der Waals surface area contributed by atoms with Gasteiger partial charge in [0.15, 0.2) is 16.1 Å². The quantitative estimate of drug-likeness (QED) is 0.345. The summed E-state index contributed by atoms with van der Waals surface area (Å²) in [4.78, 5) is 16.9. The lowest BCUT2D eigenvalue weighted by atomic mass is 10.1. The van der Waals surface area contributed by atoms with Gasteiger partial charge < -0.3 is 14.6 Å². The zero-order valence-corrected chi connectivity index (χ0v) is 19.8. The number of nitrogens with zero attached hydrogens (tertiary/aromatic N) is 4. The van der Waals surface area contributed by atoms with Crippen molar-refractivity contribution in [3.63, 3.8) is 0 Å². The number of thiazole rings is 1. The first-order chi connectivity index (χ1) is 15.5. The maximum Gasteiger partial charge on any atom is 0.236 e. The molecule has 1 amide bonds. The van der Waals surface area contributed by atoms with E-state index in [1.807, 2.05) is 48.2 Å². The van der Waals surface area contributed by atoms with Crippen LogP contribution in [-0.2, 0) is 18.4 Å². The Balaban J connectivity index is 1.29. The third-order valence-electron chi connectivity index (χ3n) is 4.54. The van der Waals surface area contributed by atoms with Gasteiger partial charge in [-0.1, -0.05) is 53.2 Å². The summed E-state index contributed by atoms with van der Waals surface area (Å²) < 4.78 is 7.53. The molecule has 4 rings (SSSR count). The maximum atomic E-state index is 12.4. The first-order valence-electron chi connectivity index (χ1n) is 9.70. The van der Waals surface area contributed by atoms with Crippen molar-refractivity contribution in [2.45, 2.75) is 18.7 Å². The molecular weight excluding hydrogens is 466 g/mol. The molecule has 4 aromatic rings. The number of halogens is 1. The minimum Gasteiger partial charge on any atom is -0.486 e. The SMILES string of the molecule is Cc1ccc(-c2csc(NC(=O)CSc3nnc(COc4ccc(Cl)cc4)n3C)n2)cc1. The number of thioether (sulfide) groups is 1. The minimum atomic E-state index is -0.151. The number of nitrogens with one attached hydrogen (secondary N) is 1. The average molecular weight is 486 g/mol. The number of aryl methyl sites for hydroxylation is 1. The molecule has 164 valence electrons. The van der Waals surface area contributed by atoms with Crippen molar-refractivity contribution in [2.24, 2.45) is 7.05 Å². The highest BCUT2D eigenvalue weighted by Crippen LogP contribution is 2.25. The Morgan fingerprint density at radius 3 is 2.66 bits per heavy atom. The number of hydrogen-bond donors (Lipinski definition) is 1. The van der Waals surface area contributed by atoms with Crippen LogP contribution in [-0.4, -0.2) is 31.4 Å². The van der Waals surface area contributed by atoms with Crippen molar-refractivity contribution in [2.75, 3.05) is 11.1 Å². The molecule has 0 aliphatic heterocycles. The van der Waals surface area contributed by atoms with Gasteiger partial charge >= 0.3 is 0 Å². The summed E-state index contributed by atoms with van der Waals surface area (Å²) in [6.45, 7) is 2.31. The molecule has 0 fully saturated rings. The normalized spacial score (nSPS) is 10.8. The van der Waals surface area contributed by atoms with Gasteiger partial charge in [-0.2, -0.15) is 0 Å². The van der Waals surface area contributed by atoms with E-state index < -0.39 is 0 Å². The zero-order chi connectivity index (χ0) is 22.5. The molecule has 2 heterocycles. The number of anilines is 1. The first kappa shape index (κ1) is 22.3. The second-order valence-electron chi connectivity index (χ2n) is 6.94. The maximum absolute atomic E-state index is 12.4. The van der Waals surface area contributed by atoms with E-state index in [9.17, 15) is 4.79 Å². The molecule has 0 unspecified atom stereocenters. The van der Waals surface area contributed by atoms with Crippen LogP contribution in [0.2, 0.25) is 5.02 Å². The number of hydrogen-bond acceptors (Lipinski definition) is 7.